The third-order valence-corrected chi connectivity index (χ3v) is 5.29. The van der Waals surface area contributed by atoms with Crippen molar-refractivity contribution in [2.24, 2.45) is 0 Å². The van der Waals surface area contributed by atoms with Crippen LogP contribution in [0, 0.1) is 17.0 Å². The van der Waals surface area contributed by atoms with Gasteiger partial charge in [-0.2, -0.15) is 0 Å². The normalized spacial score (nSPS) is 12.4. The Morgan fingerprint density at radius 2 is 1.89 bits per heavy atom. The number of benzene rings is 2. The second-order valence-electron chi connectivity index (χ2n) is 5.95. The summed E-state index contributed by atoms with van der Waals surface area (Å²) in [6.45, 7) is 3.33. The largest absolute Gasteiger partial charge is 0.458 e. The van der Waals surface area contributed by atoms with Gasteiger partial charge < -0.3 is 4.74 Å². The Morgan fingerprint density at radius 1 is 1.22 bits per heavy atom. The van der Waals surface area contributed by atoms with Crippen LogP contribution >= 0.6 is 0 Å². The number of nitrogens with zero attached hydrogens (tertiary/aromatic N) is 1. The van der Waals surface area contributed by atoms with Gasteiger partial charge in [0.1, 0.15) is 6.10 Å². The number of ether oxygens (including phenoxy) is 1. The fraction of sp³-hybridized carbons (Fsp3) is 0.278. The minimum absolute atomic E-state index is 0.0961. The molecule has 0 heterocycles. The van der Waals surface area contributed by atoms with Crippen LogP contribution in [0.2, 0.25) is 0 Å². The molecule has 0 aliphatic heterocycles. The maximum absolute atomic E-state index is 12.1. The Kier molecular flexibility index (Phi) is 6.65. The predicted molar refractivity (Wildman–Crippen MR) is 98.6 cm³/mol. The van der Waals surface area contributed by atoms with Crippen LogP contribution < -0.4 is 4.72 Å². The Bertz CT molecular complexity index is 925. The fourth-order valence-corrected chi connectivity index (χ4v) is 3.34. The highest BCUT2D eigenvalue weighted by molar-refractivity contribution is 7.89. The highest BCUT2D eigenvalue weighted by Gasteiger charge is 2.17. The first-order chi connectivity index (χ1) is 12.7. The van der Waals surface area contributed by atoms with Crippen LogP contribution in [0.25, 0.3) is 0 Å². The van der Waals surface area contributed by atoms with E-state index in [-0.39, 0.29) is 23.5 Å². The van der Waals surface area contributed by atoms with Crippen LogP contribution in [0.3, 0.4) is 0 Å². The molecule has 2 rings (SSSR count). The molecule has 2 aromatic carbocycles. The molecule has 0 fully saturated rings. The van der Waals surface area contributed by atoms with Gasteiger partial charge in [0.15, 0.2) is 0 Å². The molecule has 27 heavy (non-hydrogen) atoms. The summed E-state index contributed by atoms with van der Waals surface area (Å²) in [5.41, 5.74) is 1.33. The average Bonchev–Trinajstić information content (AvgIpc) is 2.62. The van der Waals surface area contributed by atoms with E-state index in [4.69, 9.17) is 4.74 Å². The number of sulfonamides is 1. The minimum atomic E-state index is -3.70. The van der Waals surface area contributed by atoms with Crippen molar-refractivity contribution in [2.75, 3.05) is 6.54 Å². The molecule has 1 N–H and O–H groups in total. The molecule has 0 aromatic heterocycles. The number of nitro groups is 1. The molecule has 0 saturated carbocycles. The van der Waals surface area contributed by atoms with Gasteiger partial charge in [0.05, 0.1) is 16.2 Å². The molecule has 0 unspecified atom stereocenters. The van der Waals surface area contributed by atoms with Gasteiger partial charge in [-0.05, 0) is 31.5 Å². The molecule has 0 saturated heterocycles. The molecule has 0 spiro atoms. The van der Waals surface area contributed by atoms with Gasteiger partial charge >= 0.3 is 5.97 Å². The number of carbonyl (C=O) groups is 1. The molecular weight excluding hydrogens is 372 g/mol. The Labute approximate surface area is 157 Å². The van der Waals surface area contributed by atoms with E-state index in [1.807, 2.05) is 6.92 Å². The van der Waals surface area contributed by atoms with Gasteiger partial charge in [-0.15, -0.1) is 0 Å². The van der Waals surface area contributed by atoms with E-state index in [2.05, 4.69) is 4.72 Å². The smallest absolute Gasteiger partial charge is 0.307 e. The number of non-ortho nitro benzene ring substituents is 1. The molecule has 1 atom stereocenters. The van der Waals surface area contributed by atoms with E-state index in [0.29, 0.717) is 5.56 Å². The first-order valence-electron chi connectivity index (χ1n) is 8.19. The van der Waals surface area contributed by atoms with Gasteiger partial charge in [0, 0.05) is 18.7 Å². The Balaban J connectivity index is 1.88. The van der Waals surface area contributed by atoms with Crippen LogP contribution in [0.15, 0.2) is 53.4 Å². The highest BCUT2D eigenvalue weighted by Crippen LogP contribution is 2.22. The summed E-state index contributed by atoms with van der Waals surface area (Å²) < 4.78 is 31.8. The van der Waals surface area contributed by atoms with E-state index in [1.165, 1.54) is 30.3 Å². The first-order valence-corrected chi connectivity index (χ1v) is 9.67. The standard InChI is InChI=1S/C18H20N2O6S/c1-13-6-8-17(9-7-13)27(24,25)19-11-10-18(21)26-14(2)15-4-3-5-16(12-15)20(22)23/h3-9,12,14,19H,10-11H2,1-2H3/t14-/m0/s1. The number of nitrogens with one attached hydrogen (secondary N) is 1. The fourth-order valence-electron chi connectivity index (χ4n) is 2.30. The summed E-state index contributed by atoms with van der Waals surface area (Å²) >= 11 is 0. The lowest BCUT2D eigenvalue weighted by atomic mass is 10.1. The molecular formula is C18H20N2O6S. The van der Waals surface area contributed by atoms with Crippen molar-refractivity contribution < 1.29 is 22.9 Å². The molecule has 0 amide bonds. The SMILES string of the molecule is Cc1ccc(S(=O)(=O)NCCC(=O)O[C@@H](C)c2cccc([N+](=O)[O-])c2)cc1. The summed E-state index contributed by atoms with van der Waals surface area (Å²) in [5, 5.41) is 10.8. The number of nitro benzene ring substituents is 1. The van der Waals surface area contributed by atoms with E-state index < -0.39 is 27.0 Å². The van der Waals surface area contributed by atoms with Crippen molar-refractivity contribution in [2.45, 2.75) is 31.3 Å². The van der Waals surface area contributed by atoms with Crippen molar-refractivity contribution in [3.63, 3.8) is 0 Å². The first kappa shape index (κ1) is 20.5. The van der Waals surface area contributed by atoms with Crippen LogP contribution in [0.5, 0.6) is 0 Å². The second kappa shape index (κ2) is 8.74. The number of hydrogen-bond donors (Lipinski definition) is 1. The average molecular weight is 392 g/mol. The van der Waals surface area contributed by atoms with Crippen molar-refractivity contribution in [1.29, 1.82) is 0 Å². The molecule has 9 heteroatoms. The zero-order valence-corrected chi connectivity index (χ0v) is 15.7. The van der Waals surface area contributed by atoms with E-state index >= 15 is 0 Å². The lowest BCUT2D eigenvalue weighted by molar-refractivity contribution is -0.385. The van der Waals surface area contributed by atoms with Gasteiger partial charge in [-0.1, -0.05) is 29.8 Å². The molecule has 0 bridgehead atoms. The molecule has 0 aliphatic carbocycles. The number of hydrogen-bond acceptors (Lipinski definition) is 6. The molecule has 8 nitrogen and oxygen atoms in total. The summed E-state index contributed by atoms with van der Waals surface area (Å²) in [6, 6.07) is 12.1. The van der Waals surface area contributed by atoms with Crippen molar-refractivity contribution >= 4 is 21.7 Å². The maximum atomic E-state index is 12.1. The monoisotopic (exact) mass is 392 g/mol. The minimum Gasteiger partial charge on any atom is -0.458 e. The number of esters is 1. The summed E-state index contributed by atoms with van der Waals surface area (Å²) in [4.78, 5) is 22.3. The molecule has 0 aliphatic rings. The van der Waals surface area contributed by atoms with Gasteiger partial charge in [-0.25, -0.2) is 13.1 Å². The summed E-state index contributed by atoms with van der Waals surface area (Å²) in [6.07, 6.45) is -0.851. The third kappa shape index (κ3) is 5.87. The number of rotatable bonds is 8. The molecule has 0 radical (unpaired) electrons. The predicted octanol–water partition coefficient (Wildman–Crippen LogP) is 2.88. The quantitative estimate of drug-likeness (QED) is 0.419. The van der Waals surface area contributed by atoms with Crippen molar-refractivity contribution in [1.82, 2.24) is 4.72 Å². The van der Waals surface area contributed by atoms with Crippen LogP contribution in [0.1, 0.15) is 30.6 Å². The lowest BCUT2D eigenvalue weighted by Gasteiger charge is -2.14. The Hall–Kier alpha value is -2.78. The number of aryl methyl sites for hydroxylation is 1. The highest BCUT2D eigenvalue weighted by atomic mass is 32.2. The topological polar surface area (TPSA) is 116 Å². The van der Waals surface area contributed by atoms with Crippen LogP contribution in [0.4, 0.5) is 5.69 Å². The molecule has 144 valence electrons. The maximum Gasteiger partial charge on any atom is 0.307 e. The summed E-state index contributed by atoms with van der Waals surface area (Å²) in [5.74, 6) is -0.611. The van der Waals surface area contributed by atoms with E-state index in [9.17, 15) is 23.3 Å². The molecule has 2 aromatic rings. The van der Waals surface area contributed by atoms with Crippen LogP contribution in [-0.4, -0.2) is 25.9 Å². The zero-order chi connectivity index (χ0) is 20.0. The number of carbonyl (C=O) groups excluding carboxylic acids is 1. The van der Waals surface area contributed by atoms with Gasteiger partial charge in [0.2, 0.25) is 10.0 Å². The third-order valence-electron chi connectivity index (χ3n) is 3.81. The van der Waals surface area contributed by atoms with E-state index in [1.54, 1.807) is 25.1 Å². The van der Waals surface area contributed by atoms with E-state index in [0.717, 1.165) is 5.56 Å². The summed E-state index contributed by atoms with van der Waals surface area (Å²) in [7, 11) is -3.70. The Morgan fingerprint density at radius 3 is 2.52 bits per heavy atom. The zero-order valence-electron chi connectivity index (χ0n) is 14.9. The van der Waals surface area contributed by atoms with Gasteiger partial charge in [-0.3, -0.25) is 14.9 Å². The lowest BCUT2D eigenvalue weighted by Crippen LogP contribution is -2.27. The second-order valence-corrected chi connectivity index (χ2v) is 7.71. The van der Waals surface area contributed by atoms with Crippen molar-refractivity contribution in [3.05, 3.63) is 69.8 Å². The van der Waals surface area contributed by atoms with Crippen molar-refractivity contribution in [3.8, 4) is 0 Å². The van der Waals surface area contributed by atoms with Crippen LogP contribution in [-0.2, 0) is 19.6 Å². The van der Waals surface area contributed by atoms with Gasteiger partial charge in [0.25, 0.3) is 5.69 Å².